The first-order valence-electron chi connectivity index (χ1n) is 11.2. The molecule has 2 aromatic carbocycles. The van der Waals surface area contributed by atoms with Crippen LogP contribution in [0.1, 0.15) is 41.2 Å². The van der Waals surface area contributed by atoms with E-state index in [1.54, 1.807) is 22.9 Å². The van der Waals surface area contributed by atoms with E-state index in [1.165, 1.54) is 0 Å². The molecule has 7 nitrogen and oxygen atoms in total. The lowest BCUT2D eigenvalue weighted by Crippen LogP contribution is -2.14. The Morgan fingerprint density at radius 2 is 1.82 bits per heavy atom. The molecule has 1 amide bonds. The van der Waals surface area contributed by atoms with E-state index in [0.29, 0.717) is 63.4 Å². The minimum atomic E-state index is -0.282. The SMILES string of the molecule is CCOc1ccc(OCC)c(NC(=O)c2cc(C)nc3c2c(C)nn3-c2cccc(Cl)c2C)c1. The molecule has 4 rings (SSSR count). The number of rotatable bonds is 7. The van der Waals surface area contributed by atoms with E-state index >= 15 is 0 Å². The Morgan fingerprint density at radius 1 is 1.06 bits per heavy atom. The van der Waals surface area contributed by atoms with Gasteiger partial charge in [0.15, 0.2) is 5.65 Å². The number of halogens is 1. The van der Waals surface area contributed by atoms with Crippen LogP contribution in [0.3, 0.4) is 0 Å². The number of hydrogen-bond donors (Lipinski definition) is 1. The molecule has 0 fully saturated rings. The van der Waals surface area contributed by atoms with Gasteiger partial charge in [-0.05, 0) is 70.5 Å². The van der Waals surface area contributed by atoms with Crippen LogP contribution >= 0.6 is 11.6 Å². The number of aromatic nitrogens is 3. The van der Waals surface area contributed by atoms with E-state index in [2.05, 4.69) is 5.32 Å². The number of hydrogen-bond acceptors (Lipinski definition) is 5. The fraction of sp³-hybridized carbons (Fsp3) is 0.269. The Hall–Kier alpha value is -3.58. The average molecular weight is 479 g/mol. The zero-order valence-corrected chi connectivity index (χ0v) is 20.7. The monoisotopic (exact) mass is 478 g/mol. The van der Waals surface area contributed by atoms with Crippen LogP contribution in [-0.2, 0) is 0 Å². The van der Waals surface area contributed by atoms with E-state index in [1.807, 2.05) is 58.9 Å². The average Bonchev–Trinajstić information content (AvgIpc) is 3.13. The number of carbonyl (C=O) groups is 1. The molecule has 1 N–H and O–H groups in total. The van der Waals surface area contributed by atoms with E-state index in [4.69, 9.17) is 31.2 Å². The van der Waals surface area contributed by atoms with Crippen molar-refractivity contribution in [3.05, 3.63) is 70.0 Å². The molecule has 0 unspecified atom stereocenters. The molecular weight excluding hydrogens is 452 g/mol. The van der Waals surface area contributed by atoms with Crippen LogP contribution in [0, 0.1) is 20.8 Å². The van der Waals surface area contributed by atoms with Crippen molar-refractivity contribution in [2.75, 3.05) is 18.5 Å². The van der Waals surface area contributed by atoms with Gasteiger partial charge in [0.1, 0.15) is 11.5 Å². The molecular formula is C26H27ClN4O3. The number of amides is 1. The van der Waals surface area contributed by atoms with Gasteiger partial charge in [0.25, 0.3) is 5.91 Å². The quantitative estimate of drug-likeness (QED) is 0.350. The molecule has 0 spiro atoms. The first-order chi connectivity index (χ1) is 16.3. The summed E-state index contributed by atoms with van der Waals surface area (Å²) < 4.78 is 13.1. The second-order valence-electron chi connectivity index (χ2n) is 7.87. The van der Waals surface area contributed by atoms with Crippen LogP contribution < -0.4 is 14.8 Å². The number of carbonyl (C=O) groups excluding carboxylic acids is 1. The Kier molecular flexibility index (Phi) is 6.75. The molecule has 0 aliphatic rings. The van der Waals surface area contributed by atoms with Gasteiger partial charge in [-0.15, -0.1) is 0 Å². The van der Waals surface area contributed by atoms with Gasteiger partial charge in [0.05, 0.1) is 41.2 Å². The Balaban J connectivity index is 1.82. The highest BCUT2D eigenvalue weighted by Gasteiger charge is 2.21. The van der Waals surface area contributed by atoms with Gasteiger partial charge in [0, 0.05) is 16.8 Å². The lowest BCUT2D eigenvalue weighted by molar-refractivity contribution is 0.102. The van der Waals surface area contributed by atoms with Crippen LogP contribution in [0.2, 0.25) is 5.02 Å². The summed E-state index contributed by atoms with van der Waals surface area (Å²) >= 11 is 6.35. The summed E-state index contributed by atoms with van der Waals surface area (Å²) in [5, 5.41) is 9.03. The summed E-state index contributed by atoms with van der Waals surface area (Å²) in [6.45, 7) is 10.5. The lowest BCUT2D eigenvalue weighted by Gasteiger charge is -2.14. The first-order valence-corrected chi connectivity index (χ1v) is 11.5. The fourth-order valence-corrected chi connectivity index (χ4v) is 4.09. The maximum Gasteiger partial charge on any atom is 0.256 e. The van der Waals surface area contributed by atoms with Crippen molar-refractivity contribution in [1.29, 1.82) is 0 Å². The second-order valence-corrected chi connectivity index (χ2v) is 8.28. The topological polar surface area (TPSA) is 78.3 Å². The largest absolute Gasteiger partial charge is 0.494 e. The number of benzene rings is 2. The van der Waals surface area contributed by atoms with E-state index in [9.17, 15) is 4.79 Å². The molecule has 0 bridgehead atoms. The summed E-state index contributed by atoms with van der Waals surface area (Å²) in [5.74, 6) is 0.941. The molecule has 0 radical (unpaired) electrons. The summed E-state index contributed by atoms with van der Waals surface area (Å²) in [6, 6.07) is 12.8. The Morgan fingerprint density at radius 3 is 2.56 bits per heavy atom. The van der Waals surface area contributed by atoms with Crippen molar-refractivity contribution >= 4 is 34.2 Å². The minimum Gasteiger partial charge on any atom is -0.494 e. The minimum absolute atomic E-state index is 0.282. The maximum atomic E-state index is 13.5. The molecule has 0 aliphatic carbocycles. The van der Waals surface area contributed by atoms with Crippen molar-refractivity contribution < 1.29 is 14.3 Å². The van der Waals surface area contributed by atoms with E-state index < -0.39 is 0 Å². The molecule has 0 saturated heterocycles. The van der Waals surface area contributed by atoms with Gasteiger partial charge in [-0.3, -0.25) is 4.79 Å². The predicted molar refractivity (Wildman–Crippen MR) is 135 cm³/mol. The molecule has 2 heterocycles. The summed E-state index contributed by atoms with van der Waals surface area (Å²) in [7, 11) is 0. The van der Waals surface area contributed by atoms with Gasteiger partial charge in [0.2, 0.25) is 0 Å². The third kappa shape index (κ3) is 4.43. The Labute approximate surface area is 203 Å². The maximum absolute atomic E-state index is 13.5. The standard InChI is InChI=1S/C26H27ClN4O3/c1-6-33-18-11-12-23(34-7-2)21(14-18)29-26(32)19-13-15(3)28-25-24(19)17(5)30-31(25)22-10-8-9-20(27)16(22)4/h8-14H,6-7H2,1-5H3,(H,29,32). The molecule has 8 heteroatoms. The second kappa shape index (κ2) is 9.73. The van der Waals surface area contributed by atoms with Crippen molar-refractivity contribution in [3.8, 4) is 17.2 Å². The van der Waals surface area contributed by atoms with Crippen LogP contribution in [0.25, 0.3) is 16.7 Å². The molecule has 2 aromatic heterocycles. The van der Waals surface area contributed by atoms with Crippen molar-refractivity contribution in [2.24, 2.45) is 0 Å². The van der Waals surface area contributed by atoms with Gasteiger partial charge >= 0.3 is 0 Å². The van der Waals surface area contributed by atoms with Crippen molar-refractivity contribution in [2.45, 2.75) is 34.6 Å². The smallest absolute Gasteiger partial charge is 0.256 e. The zero-order valence-electron chi connectivity index (χ0n) is 19.9. The third-order valence-corrected chi connectivity index (χ3v) is 5.87. The number of anilines is 1. The molecule has 0 saturated carbocycles. The van der Waals surface area contributed by atoms with Crippen molar-refractivity contribution in [1.82, 2.24) is 14.8 Å². The van der Waals surface area contributed by atoms with Crippen LogP contribution in [-0.4, -0.2) is 33.9 Å². The number of pyridine rings is 1. The summed E-state index contributed by atoms with van der Waals surface area (Å²) in [6.07, 6.45) is 0. The normalized spacial score (nSPS) is 11.0. The number of fused-ring (bicyclic) bond motifs is 1. The molecule has 0 atom stereocenters. The summed E-state index contributed by atoms with van der Waals surface area (Å²) in [5.41, 5.74) is 4.72. The fourth-order valence-electron chi connectivity index (χ4n) is 3.92. The highest BCUT2D eigenvalue weighted by Crippen LogP contribution is 2.32. The molecule has 176 valence electrons. The number of ether oxygens (including phenoxy) is 2. The van der Waals surface area contributed by atoms with Gasteiger partial charge in [-0.25, -0.2) is 9.67 Å². The molecule has 4 aromatic rings. The van der Waals surface area contributed by atoms with Crippen LogP contribution in [0.15, 0.2) is 42.5 Å². The van der Waals surface area contributed by atoms with Gasteiger partial charge < -0.3 is 14.8 Å². The summed E-state index contributed by atoms with van der Waals surface area (Å²) in [4.78, 5) is 18.2. The number of nitrogens with one attached hydrogen (secondary N) is 1. The van der Waals surface area contributed by atoms with E-state index in [0.717, 1.165) is 11.3 Å². The van der Waals surface area contributed by atoms with Crippen LogP contribution in [0.4, 0.5) is 5.69 Å². The first kappa shape index (κ1) is 23.6. The predicted octanol–water partition coefficient (Wildman–Crippen LogP) is 6.05. The lowest BCUT2D eigenvalue weighted by atomic mass is 10.1. The third-order valence-electron chi connectivity index (χ3n) is 5.46. The Bertz CT molecular complexity index is 1380. The van der Waals surface area contributed by atoms with E-state index in [-0.39, 0.29) is 5.91 Å². The highest BCUT2D eigenvalue weighted by molar-refractivity contribution is 6.31. The highest BCUT2D eigenvalue weighted by atomic mass is 35.5. The molecule has 34 heavy (non-hydrogen) atoms. The zero-order chi connectivity index (χ0) is 24.4. The van der Waals surface area contributed by atoms with Crippen molar-refractivity contribution in [3.63, 3.8) is 0 Å². The van der Waals surface area contributed by atoms with Gasteiger partial charge in [-0.1, -0.05) is 17.7 Å². The molecule has 0 aliphatic heterocycles. The van der Waals surface area contributed by atoms with Crippen LogP contribution in [0.5, 0.6) is 11.5 Å². The van der Waals surface area contributed by atoms with Gasteiger partial charge in [-0.2, -0.15) is 5.10 Å². The number of nitrogens with zero attached hydrogens (tertiary/aromatic N) is 3. The number of aryl methyl sites for hydroxylation is 2.